The second-order valence-corrected chi connectivity index (χ2v) is 8.85. The monoisotopic (exact) mass is 385 g/mol. The van der Waals surface area contributed by atoms with Crippen LogP contribution in [0.4, 0.5) is 8.78 Å². The highest BCUT2D eigenvalue weighted by molar-refractivity contribution is 6.06. The Bertz CT molecular complexity index is 721. The Morgan fingerprint density at radius 1 is 1.14 bits per heavy atom. The average molecular weight is 386 g/mol. The lowest BCUT2D eigenvalue weighted by atomic mass is 9.76. The van der Waals surface area contributed by atoms with Gasteiger partial charge in [-0.2, -0.15) is 0 Å². The molecule has 1 aliphatic heterocycles. The van der Waals surface area contributed by atoms with Crippen LogP contribution in [0.1, 0.15) is 63.5 Å². The zero-order chi connectivity index (χ0) is 20.1. The molecule has 1 aromatic rings. The van der Waals surface area contributed by atoms with Crippen molar-refractivity contribution in [1.82, 2.24) is 0 Å². The predicted octanol–water partition coefficient (Wildman–Crippen LogP) is 7.13. The zero-order valence-corrected chi connectivity index (χ0v) is 17.3. The standard InChI is InChI=1S/C25H33F2N/c1-17(2)21-10-8-20(9-11-21)14-18(3)4-5-19-6-12-22(13-7-19)23-15-24(25(26)27)28-16-23/h6-7,12-13,15,18,20-21,25H,1,4-5,8-11,14,16H2,2-3H3/t18?,20-,21+. The summed E-state index contributed by atoms with van der Waals surface area (Å²) in [6, 6.07) is 8.38. The van der Waals surface area contributed by atoms with Gasteiger partial charge in [-0.3, -0.25) is 4.99 Å². The fourth-order valence-electron chi connectivity index (χ4n) is 4.63. The third kappa shape index (κ3) is 5.62. The van der Waals surface area contributed by atoms with Crippen molar-refractivity contribution in [3.05, 3.63) is 53.6 Å². The van der Waals surface area contributed by atoms with Gasteiger partial charge in [0, 0.05) is 0 Å². The Balaban J connectivity index is 1.43. The first kappa shape index (κ1) is 21.0. The normalized spacial score (nSPS) is 23.5. The molecule has 0 bridgehead atoms. The molecule has 0 N–H and O–H groups in total. The Kier molecular flexibility index (Phi) is 7.20. The maximum absolute atomic E-state index is 12.7. The van der Waals surface area contributed by atoms with Gasteiger partial charge < -0.3 is 0 Å². The number of benzene rings is 1. The fraction of sp³-hybridized carbons (Fsp3) is 0.560. The van der Waals surface area contributed by atoms with Gasteiger partial charge in [-0.15, -0.1) is 0 Å². The molecule has 3 heteroatoms. The molecule has 1 heterocycles. The molecule has 1 unspecified atom stereocenters. The van der Waals surface area contributed by atoms with Gasteiger partial charge >= 0.3 is 0 Å². The van der Waals surface area contributed by atoms with Crippen LogP contribution in [0, 0.1) is 17.8 Å². The molecule has 3 rings (SSSR count). The first-order valence-electron chi connectivity index (χ1n) is 10.7. The van der Waals surface area contributed by atoms with Crippen molar-refractivity contribution in [1.29, 1.82) is 0 Å². The average Bonchev–Trinajstić information content (AvgIpc) is 3.18. The summed E-state index contributed by atoms with van der Waals surface area (Å²) in [4.78, 5) is 3.91. The summed E-state index contributed by atoms with van der Waals surface area (Å²) < 4.78 is 25.4. The van der Waals surface area contributed by atoms with E-state index in [9.17, 15) is 8.78 Å². The van der Waals surface area contributed by atoms with Crippen molar-refractivity contribution < 1.29 is 8.78 Å². The van der Waals surface area contributed by atoms with Crippen molar-refractivity contribution in [2.75, 3.05) is 6.54 Å². The van der Waals surface area contributed by atoms with Gasteiger partial charge in [0.25, 0.3) is 6.43 Å². The van der Waals surface area contributed by atoms with E-state index >= 15 is 0 Å². The molecule has 1 nitrogen and oxygen atoms in total. The van der Waals surface area contributed by atoms with Crippen molar-refractivity contribution in [2.24, 2.45) is 22.7 Å². The fourth-order valence-corrected chi connectivity index (χ4v) is 4.63. The smallest absolute Gasteiger partial charge is 0.279 e. The Labute approximate surface area is 168 Å². The van der Waals surface area contributed by atoms with Gasteiger partial charge in [0.1, 0.15) is 5.71 Å². The minimum Gasteiger partial charge on any atom is -0.279 e. The molecule has 28 heavy (non-hydrogen) atoms. The van der Waals surface area contributed by atoms with E-state index in [-0.39, 0.29) is 5.71 Å². The minimum atomic E-state index is -2.48. The zero-order valence-electron chi connectivity index (χ0n) is 17.3. The lowest BCUT2D eigenvalue weighted by Gasteiger charge is -2.30. The van der Waals surface area contributed by atoms with Crippen LogP contribution < -0.4 is 0 Å². The Hall–Kier alpha value is -1.77. The molecular weight excluding hydrogens is 352 g/mol. The highest BCUT2D eigenvalue weighted by atomic mass is 19.3. The van der Waals surface area contributed by atoms with E-state index in [4.69, 9.17) is 0 Å². The molecule has 0 saturated heterocycles. The molecule has 1 saturated carbocycles. The van der Waals surface area contributed by atoms with Crippen LogP contribution in [0.15, 0.2) is 47.5 Å². The third-order valence-electron chi connectivity index (χ3n) is 6.51. The molecule has 152 valence electrons. The topological polar surface area (TPSA) is 12.4 Å². The summed E-state index contributed by atoms with van der Waals surface area (Å²) in [6.07, 6.45) is 8.03. The number of allylic oxidation sites excluding steroid dienone is 2. The predicted molar refractivity (Wildman–Crippen MR) is 115 cm³/mol. The van der Waals surface area contributed by atoms with Crippen LogP contribution >= 0.6 is 0 Å². The van der Waals surface area contributed by atoms with E-state index in [2.05, 4.69) is 49.7 Å². The Morgan fingerprint density at radius 2 is 1.82 bits per heavy atom. The van der Waals surface area contributed by atoms with E-state index in [1.54, 1.807) is 0 Å². The summed E-state index contributed by atoms with van der Waals surface area (Å²) in [5, 5.41) is 0. The summed E-state index contributed by atoms with van der Waals surface area (Å²) in [6.45, 7) is 9.05. The second-order valence-electron chi connectivity index (χ2n) is 8.85. The molecular formula is C25H33F2N. The van der Waals surface area contributed by atoms with E-state index < -0.39 is 6.43 Å². The van der Waals surface area contributed by atoms with Crippen LogP contribution in [0.2, 0.25) is 0 Å². The number of hydrogen-bond acceptors (Lipinski definition) is 1. The van der Waals surface area contributed by atoms with Crippen LogP contribution in [-0.2, 0) is 6.42 Å². The van der Waals surface area contributed by atoms with E-state index in [1.807, 2.05) is 0 Å². The largest absolute Gasteiger partial charge is 0.279 e. The van der Waals surface area contributed by atoms with E-state index in [0.717, 1.165) is 35.3 Å². The number of halogens is 2. The highest BCUT2D eigenvalue weighted by Gasteiger charge is 2.23. The van der Waals surface area contributed by atoms with Crippen molar-refractivity contribution in [3.63, 3.8) is 0 Å². The highest BCUT2D eigenvalue weighted by Crippen LogP contribution is 2.36. The van der Waals surface area contributed by atoms with Crippen LogP contribution in [-0.4, -0.2) is 18.7 Å². The lowest BCUT2D eigenvalue weighted by molar-refractivity contribution is 0.227. The number of hydrogen-bond donors (Lipinski definition) is 0. The molecule has 0 amide bonds. The van der Waals surface area contributed by atoms with Crippen LogP contribution in [0.5, 0.6) is 0 Å². The summed E-state index contributed by atoms with van der Waals surface area (Å²) in [7, 11) is 0. The molecule has 0 aromatic heterocycles. The summed E-state index contributed by atoms with van der Waals surface area (Å²) in [5.41, 5.74) is 4.49. The SMILES string of the molecule is C=C(C)[C@H]1CC[C@@H](CC(C)CCc2ccc(C3=CC(C(F)F)=NC3)cc2)CC1. The molecule has 1 aliphatic carbocycles. The molecule has 1 atom stereocenters. The minimum absolute atomic E-state index is 0.0924. The van der Waals surface area contributed by atoms with Gasteiger partial charge in [-0.1, -0.05) is 43.3 Å². The number of rotatable bonds is 8. The lowest BCUT2D eigenvalue weighted by Crippen LogP contribution is -2.17. The summed E-state index contributed by atoms with van der Waals surface area (Å²) in [5.74, 6) is 2.37. The number of aryl methyl sites for hydroxylation is 1. The molecule has 0 radical (unpaired) electrons. The maximum atomic E-state index is 12.7. The molecule has 0 spiro atoms. The molecule has 1 fully saturated rings. The van der Waals surface area contributed by atoms with Gasteiger partial charge in [0.2, 0.25) is 0 Å². The number of nitrogens with zero attached hydrogens (tertiary/aromatic N) is 1. The van der Waals surface area contributed by atoms with Crippen molar-refractivity contribution in [3.8, 4) is 0 Å². The second kappa shape index (κ2) is 9.62. The maximum Gasteiger partial charge on any atom is 0.279 e. The number of aliphatic imine (C=N–C) groups is 1. The quantitative estimate of drug-likeness (QED) is 0.422. The first-order valence-corrected chi connectivity index (χ1v) is 10.7. The van der Waals surface area contributed by atoms with Crippen LogP contribution in [0.3, 0.4) is 0 Å². The van der Waals surface area contributed by atoms with E-state index in [1.165, 1.54) is 55.7 Å². The van der Waals surface area contributed by atoms with Gasteiger partial charge in [0.05, 0.1) is 6.54 Å². The van der Waals surface area contributed by atoms with Gasteiger partial charge in [-0.05, 0) is 92.4 Å². The van der Waals surface area contributed by atoms with E-state index in [0.29, 0.717) is 6.54 Å². The van der Waals surface area contributed by atoms with Crippen molar-refractivity contribution in [2.45, 2.75) is 65.2 Å². The summed E-state index contributed by atoms with van der Waals surface area (Å²) >= 11 is 0. The number of alkyl halides is 2. The molecule has 2 aliphatic rings. The van der Waals surface area contributed by atoms with Crippen LogP contribution in [0.25, 0.3) is 5.57 Å². The first-order chi connectivity index (χ1) is 13.4. The third-order valence-corrected chi connectivity index (χ3v) is 6.51. The van der Waals surface area contributed by atoms with Gasteiger partial charge in [-0.25, -0.2) is 8.78 Å². The molecule has 1 aromatic carbocycles. The Morgan fingerprint density at radius 3 is 2.39 bits per heavy atom. The van der Waals surface area contributed by atoms with Crippen molar-refractivity contribution >= 4 is 11.3 Å². The van der Waals surface area contributed by atoms with Gasteiger partial charge in [0.15, 0.2) is 0 Å².